The molecular formula is C18H23N3O4S. The van der Waals surface area contributed by atoms with Gasteiger partial charge in [0.2, 0.25) is 0 Å². The third-order valence-electron chi connectivity index (χ3n) is 3.88. The third kappa shape index (κ3) is 4.81. The summed E-state index contributed by atoms with van der Waals surface area (Å²) in [6.07, 6.45) is 0. The van der Waals surface area contributed by atoms with Crippen LogP contribution in [0, 0.1) is 0 Å². The van der Waals surface area contributed by atoms with Gasteiger partial charge in [-0.15, -0.1) is 0 Å². The first-order chi connectivity index (χ1) is 12.4. The summed E-state index contributed by atoms with van der Waals surface area (Å²) < 4.78 is 25.1. The summed E-state index contributed by atoms with van der Waals surface area (Å²) in [4.78, 5) is 18.9. The number of benzene rings is 2. The molecule has 2 aromatic rings. The second kappa shape index (κ2) is 8.79. The Morgan fingerprint density at radius 2 is 1.69 bits per heavy atom. The largest absolute Gasteiger partial charge is 0.322 e. The van der Waals surface area contributed by atoms with Crippen molar-refractivity contribution in [2.24, 2.45) is 0 Å². The van der Waals surface area contributed by atoms with Crippen LogP contribution in [-0.2, 0) is 21.4 Å². The van der Waals surface area contributed by atoms with E-state index in [9.17, 15) is 13.2 Å². The molecule has 0 bridgehead atoms. The molecule has 0 atom stereocenters. The molecule has 8 heteroatoms. The van der Waals surface area contributed by atoms with E-state index in [0.29, 0.717) is 18.8 Å². The zero-order chi connectivity index (χ0) is 19.2. The van der Waals surface area contributed by atoms with E-state index in [2.05, 4.69) is 5.32 Å². The second-order valence-electron chi connectivity index (χ2n) is 5.55. The number of hydroxylamine groups is 1. The minimum atomic E-state index is -3.71. The van der Waals surface area contributed by atoms with Gasteiger partial charge >= 0.3 is 6.03 Å². The van der Waals surface area contributed by atoms with E-state index in [1.54, 1.807) is 17.0 Å². The molecule has 0 fully saturated rings. The molecule has 7 nitrogen and oxygen atoms in total. The molecule has 0 heterocycles. The Labute approximate surface area is 154 Å². The highest BCUT2D eigenvalue weighted by atomic mass is 32.2. The van der Waals surface area contributed by atoms with E-state index < -0.39 is 10.0 Å². The van der Waals surface area contributed by atoms with Crippen molar-refractivity contribution in [3.05, 3.63) is 60.2 Å². The number of rotatable bonds is 7. The molecule has 0 radical (unpaired) electrons. The molecule has 0 aliphatic rings. The number of carbonyl (C=O) groups excluding carboxylic acids is 1. The summed E-state index contributed by atoms with van der Waals surface area (Å²) in [6, 6.07) is 15.4. The molecule has 0 spiro atoms. The summed E-state index contributed by atoms with van der Waals surface area (Å²) in [5.41, 5.74) is 1.55. The van der Waals surface area contributed by atoms with Gasteiger partial charge in [-0.3, -0.25) is 4.84 Å². The Morgan fingerprint density at radius 1 is 1.08 bits per heavy atom. The summed E-state index contributed by atoms with van der Waals surface area (Å²) in [6.45, 7) is 2.94. The van der Waals surface area contributed by atoms with E-state index in [1.165, 1.54) is 26.3 Å². The number of amides is 2. The SMILES string of the molecule is CCN(Cc1ccccc1)C(=O)Nc1ccc(S(=O)(=O)N(C)OC)cc1. The maximum atomic E-state index is 12.5. The molecule has 2 rings (SSSR count). The predicted molar refractivity (Wildman–Crippen MR) is 99.9 cm³/mol. The number of hydrogen-bond donors (Lipinski definition) is 1. The average molecular weight is 377 g/mol. The van der Waals surface area contributed by atoms with E-state index in [0.717, 1.165) is 10.0 Å². The number of sulfonamides is 1. The van der Waals surface area contributed by atoms with Crippen LogP contribution in [0.25, 0.3) is 0 Å². The number of nitrogens with zero attached hydrogens (tertiary/aromatic N) is 2. The van der Waals surface area contributed by atoms with Crippen molar-refractivity contribution in [2.45, 2.75) is 18.4 Å². The van der Waals surface area contributed by atoms with Crippen LogP contribution in [0.15, 0.2) is 59.5 Å². The molecule has 0 saturated carbocycles. The van der Waals surface area contributed by atoms with Crippen LogP contribution in [0.5, 0.6) is 0 Å². The van der Waals surface area contributed by atoms with Gasteiger partial charge in [-0.25, -0.2) is 13.2 Å². The lowest BCUT2D eigenvalue weighted by atomic mass is 10.2. The van der Waals surface area contributed by atoms with Crippen LogP contribution in [-0.4, -0.2) is 44.5 Å². The Kier molecular flexibility index (Phi) is 6.73. The summed E-state index contributed by atoms with van der Waals surface area (Å²) in [5.74, 6) is 0. The van der Waals surface area contributed by atoms with Crippen molar-refractivity contribution in [1.29, 1.82) is 0 Å². The topological polar surface area (TPSA) is 79.0 Å². The van der Waals surface area contributed by atoms with Gasteiger partial charge in [-0.1, -0.05) is 34.8 Å². The predicted octanol–water partition coefficient (Wildman–Crippen LogP) is 2.92. The quantitative estimate of drug-likeness (QED) is 0.753. The van der Waals surface area contributed by atoms with Gasteiger partial charge in [0.25, 0.3) is 10.0 Å². The van der Waals surface area contributed by atoms with Crippen molar-refractivity contribution in [3.63, 3.8) is 0 Å². The Balaban J connectivity index is 2.06. The van der Waals surface area contributed by atoms with Crippen molar-refractivity contribution < 1.29 is 18.0 Å². The lowest BCUT2D eigenvalue weighted by molar-refractivity contribution is -0.0258. The molecule has 1 N–H and O–H groups in total. The zero-order valence-electron chi connectivity index (χ0n) is 15.0. The summed E-state index contributed by atoms with van der Waals surface area (Å²) in [5, 5.41) is 2.78. The molecule has 26 heavy (non-hydrogen) atoms. The van der Waals surface area contributed by atoms with Gasteiger partial charge in [0.15, 0.2) is 0 Å². The molecule has 0 aliphatic carbocycles. The first-order valence-corrected chi connectivity index (χ1v) is 9.55. The van der Waals surface area contributed by atoms with E-state index in [-0.39, 0.29) is 10.9 Å². The van der Waals surface area contributed by atoms with Crippen molar-refractivity contribution in [3.8, 4) is 0 Å². The summed E-state index contributed by atoms with van der Waals surface area (Å²) in [7, 11) is -1.12. The second-order valence-corrected chi connectivity index (χ2v) is 7.49. The first kappa shape index (κ1) is 19.9. The highest BCUT2D eigenvalue weighted by Gasteiger charge is 2.20. The van der Waals surface area contributed by atoms with Crippen molar-refractivity contribution in [2.75, 3.05) is 26.0 Å². The molecule has 140 valence electrons. The zero-order valence-corrected chi connectivity index (χ0v) is 15.9. The number of hydrogen-bond acceptors (Lipinski definition) is 4. The van der Waals surface area contributed by atoms with Crippen molar-refractivity contribution in [1.82, 2.24) is 9.37 Å². The summed E-state index contributed by atoms with van der Waals surface area (Å²) >= 11 is 0. The van der Waals surface area contributed by atoms with Crippen LogP contribution in [0.3, 0.4) is 0 Å². The van der Waals surface area contributed by atoms with Gasteiger partial charge < -0.3 is 10.2 Å². The van der Waals surface area contributed by atoms with Crippen LogP contribution in [0.1, 0.15) is 12.5 Å². The minimum Gasteiger partial charge on any atom is -0.320 e. The van der Waals surface area contributed by atoms with Gasteiger partial charge in [-0.2, -0.15) is 0 Å². The van der Waals surface area contributed by atoms with Gasteiger partial charge in [0, 0.05) is 25.8 Å². The van der Waals surface area contributed by atoms with Gasteiger partial charge in [-0.05, 0) is 36.8 Å². The number of carbonyl (C=O) groups is 1. The number of urea groups is 1. The van der Waals surface area contributed by atoms with Crippen LogP contribution < -0.4 is 5.32 Å². The standard InChI is InChI=1S/C18H23N3O4S/c1-4-21(14-15-8-6-5-7-9-15)18(22)19-16-10-12-17(13-11-16)26(23,24)20(2)25-3/h5-13H,4,14H2,1-3H3,(H,19,22). The van der Waals surface area contributed by atoms with Crippen molar-refractivity contribution >= 4 is 21.7 Å². The van der Waals surface area contributed by atoms with Crippen LogP contribution >= 0.6 is 0 Å². The van der Waals surface area contributed by atoms with E-state index >= 15 is 0 Å². The Hall–Kier alpha value is -2.42. The normalized spacial score (nSPS) is 11.4. The average Bonchev–Trinajstić information content (AvgIpc) is 2.66. The van der Waals surface area contributed by atoms with Crippen LogP contribution in [0.2, 0.25) is 0 Å². The van der Waals surface area contributed by atoms with E-state index in [4.69, 9.17) is 4.84 Å². The highest BCUT2D eigenvalue weighted by Crippen LogP contribution is 2.18. The smallest absolute Gasteiger partial charge is 0.320 e. The third-order valence-corrected chi connectivity index (χ3v) is 5.58. The van der Waals surface area contributed by atoms with Crippen LogP contribution in [0.4, 0.5) is 10.5 Å². The maximum absolute atomic E-state index is 12.5. The Bertz CT molecular complexity index is 823. The fraction of sp³-hybridized carbons (Fsp3) is 0.278. The fourth-order valence-electron chi connectivity index (χ4n) is 2.29. The lowest BCUT2D eigenvalue weighted by Crippen LogP contribution is -2.34. The van der Waals surface area contributed by atoms with Gasteiger partial charge in [0.05, 0.1) is 12.0 Å². The maximum Gasteiger partial charge on any atom is 0.322 e. The number of anilines is 1. The lowest BCUT2D eigenvalue weighted by Gasteiger charge is -2.21. The minimum absolute atomic E-state index is 0.0801. The molecule has 0 saturated heterocycles. The molecule has 0 aromatic heterocycles. The fourth-order valence-corrected chi connectivity index (χ4v) is 3.26. The van der Waals surface area contributed by atoms with Gasteiger partial charge in [0.1, 0.15) is 0 Å². The molecule has 0 unspecified atom stereocenters. The molecule has 2 aromatic carbocycles. The monoisotopic (exact) mass is 377 g/mol. The first-order valence-electron chi connectivity index (χ1n) is 8.11. The molecule has 0 aliphatic heterocycles. The highest BCUT2D eigenvalue weighted by molar-refractivity contribution is 7.89. The molecular weight excluding hydrogens is 354 g/mol. The number of nitrogens with one attached hydrogen (secondary N) is 1. The van der Waals surface area contributed by atoms with E-state index in [1.807, 2.05) is 37.3 Å². The molecule has 2 amide bonds. The Morgan fingerprint density at radius 3 is 2.23 bits per heavy atom.